The van der Waals surface area contributed by atoms with Crippen molar-refractivity contribution in [1.82, 2.24) is 5.32 Å². The van der Waals surface area contributed by atoms with E-state index in [2.05, 4.69) is 26.1 Å². The second-order valence-corrected chi connectivity index (χ2v) is 5.32. The highest BCUT2D eigenvalue weighted by Gasteiger charge is 2.44. The first-order chi connectivity index (χ1) is 5.07. The molecule has 0 spiro atoms. The van der Waals surface area contributed by atoms with Gasteiger partial charge in [0.15, 0.2) is 0 Å². The summed E-state index contributed by atoms with van der Waals surface area (Å²) >= 11 is 0. The molecule has 11 heavy (non-hydrogen) atoms. The molecule has 0 bridgehead atoms. The van der Waals surface area contributed by atoms with E-state index in [1.807, 2.05) is 0 Å². The lowest BCUT2D eigenvalue weighted by Crippen LogP contribution is -2.44. The Morgan fingerprint density at radius 1 is 1.09 bits per heavy atom. The second kappa shape index (κ2) is 2.22. The standard InChI is InChI=1S/C10H19N/c1-10(2,3)9-5-7-4-8(7)6-11-9/h7-9,11H,4-6H2,1-3H3. The van der Waals surface area contributed by atoms with Crippen LogP contribution in [0.4, 0.5) is 0 Å². The SMILES string of the molecule is CC(C)(C)C1CC2CC2CN1. The van der Waals surface area contributed by atoms with Gasteiger partial charge in [-0.3, -0.25) is 0 Å². The molecular weight excluding hydrogens is 134 g/mol. The molecule has 1 aliphatic heterocycles. The lowest BCUT2D eigenvalue weighted by Gasteiger charge is -2.34. The summed E-state index contributed by atoms with van der Waals surface area (Å²) in [5.74, 6) is 2.13. The van der Waals surface area contributed by atoms with Crippen molar-refractivity contribution in [2.45, 2.75) is 39.7 Å². The van der Waals surface area contributed by atoms with Gasteiger partial charge >= 0.3 is 0 Å². The molecule has 1 saturated carbocycles. The third-order valence-electron chi connectivity index (χ3n) is 3.28. The minimum absolute atomic E-state index is 0.466. The van der Waals surface area contributed by atoms with Gasteiger partial charge in [-0.2, -0.15) is 0 Å². The number of nitrogens with one attached hydrogen (secondary N) is 1. The molecule has 3 unspecified atom stereocenters. The van der Waals surface area contributed by atoms with Crippen LogP contribution in [-0.4, -0.2) is 12.6 Å². The average Bonchev–Trinajstić information content (AvgIpc) is 2.60. The molecule has 3 atom stereocenters. The number of rotatable bonds is 0. The summed E-state index contributed by atoms with van der Waals surface area (Å²) in [6.07, 6.45) is 2.92. The van der Waals surface area contributed by atoms with Gasteiger partial charge < -0.3 is 5.32 Å². The van der Waals surface area contributed by atoms with Gasteiger partial charge in [-0.05, 0) is 36.6 Å². The Labute approximate surface area is 69.6 Å². The first-order valence-corrected chi connectivity index (χ1v) is 4.81. The number of fused-ring (bicyclic) bond motifs is 1. The molecule has 0 aromatic heterocycles. The molecular formula is C10H19N. The van der Waals surface area contributed by atoms with Crippen LogP contribution in [0.3, 0.4) is 0 Å². The zero-order valence-electron chi connectivity index (χ0n) is 7.85. The van der Waals surface area contributed by atoms with E-state index in [-0.39, 0.29) is 0 Å². The van der Waals surface area contributed by atoms with Crippen LogP contribution in [0.5, 0.6) is 0 Å². The molecule has 1 nitrogen and oxygen atoms in total. The highest BCUT2D eigenvalue weighted by molar-refractivity contribution is 4.98. The summed E-state index contributed by atoms with van der Waals surface area (Å²) in [5.41, 5.74) is 0.466. The van der Waals surface area contributed by atoms with E-state index in [0.29, 0.717) is 5.41 Å². The summed E-state index contributed by atoms with van der Waals surface area (Å²) in [6, 6.07) is 0.770. The summed E-state index contributed by atoms with van der Waals surface area (Å²) in [5, 5.41) is 3.65. The lowest BCUT2D eigenvalue weighted by molar-refractivity contribution is 0.220. The van der Waals surface area contributed by atoms with Crippen molar-refractivity contribution in [2.75, 3.05) is 6.54 Å². The van der Waals surface area contributed by atoms with E-state index in [4.69, 9.17) is 0 Å². The summed E-state index contributed by atoms with van der Waals surface area (Å²) < 4.78 is 0. The Hall–Kier alpha value is -0.0400. The van der Waals surface area contributed by atoms with Crippen LogP contribution in [0.1, 0.15) is 33.6 Å². The maximum absolute atomic E-state index is 3.65. The minimum atomic E-state index is 0.466. The Morgan fingerprint density at radius 2 is 1.82 bits per heavy atom. The number of hydrogen-bond donors (Lipinski definition) is 1. The molecule has 1 saturated heterocycles. The van der Waals surface area contributed by atoms with Crippen LogP contribution < -0.4 is 5.32 Å². The molecule has 0 radical (unpaired) electrons. The predicted octanol–water partition coefficient (Wildman–Crippen LogP) is 2.03. The maximum atomic E-state index is 3.65. The van der Waals surface area contributed by atoms with Gasteiger partial charge in [0.2, 0.25) is 0 Å². The molecule has 64 valence electrons. The highest BCUT2D eigenvalue weighted by atomic mass is 15.0. The lowest BCUT2D eigenvalue weighted by atomic mass is 9.82. The topological polar surface area (TPSA) is 12.0 Å². The normalized spacial score (nSPS) is 43.4. The quantitative estimate of drug-likeness (QED) is 0.561. The molecule has 1 heterocycles. The van der Waals surface area contributed by atoms with Crippen LogP contribution in [0.2, 0.25) is 0 Å². The number of hydrogen-bond acceptors (Lipinski definition) is 1. The van der Waals surface area contributed by atoms with Gasteiger partial charge in [0.05, 0.1) is 0 Å². The fraction of sp³-hybridized carbons (Fsp3) is 1.00. The fourth-order valence-corrected chi connectivity index (χ4v) is 2.19. The molecule has 2 fully saturated rings. The van der Waals surface area contributed by atoms with Crippen molar-refractivity contribution >= 4 is 0 Å². The first-order valence-electron chi connectivity index (χ1n) is 4.81. The Kier molecular flexibility index (Phi) is 1.54. The van der Waals surface area contributed by atoms with Gasteiger partial charge in [0.25, 0.3) is 0 Å². The highest BCUT2D eigenvalue weighted by Crippen LogP contribution is 2.46. The van der Waals surface area contributed by atoms with E-state index >= 15 is 0 Å². The molecule has 0 aromatic carbocycles. The van der Waals surface area contributed by atoms with Gasteiger partial charge in [-0.15, -0.1) is 0 Å². The third-order valence-corrected chi connectivity index (χ3v) is 3.28. The summed E-state index contributed by atoms with van der Waals surface area (Å²) in [7, 11) is 0. The summed E-state index contributed by atoms with van der Waals surface area (Å²) in [6.45, 7) is 8.31. The zero-order valence-corrected chi connectivity index (χ0v) is 7.85. The Balaban J connectivity index is 1.95. The maximum Gasteiger partial charge on any atom is 0.0118 e. The van der Waals surface area contributed by atoms with Crippen molar-refractivity contribution in [2.24, 2.45) is 17.3 Å². The van der Waals surface area contributed by atoms with E-state index < -0.39 is 0 Å². The van der Waals surface area contributed by atoms with Crippen molar-refractivity contribution < 1.29 is 0 Å². The number of piperidine rings is 1. The van der Waals surface area contributed by atoms with Crippen molar-refractivity contribution in [3.05, 3.63) is 0 Å². The first kappa shape index (κ1) is 7.60. The zero-order chi connectivity index (χ0) is 8.06. The van der Waals surface area contributed by atoms with Gasteiger partial charge in [0.1, 0.15) is 0 Å². The molecule has 0 aromatic rings. The smallest absolute Gasteiger partial charge is 0.0118 e. The van der Waals surface area contributed by atoms with E-state index in [1.165, 1.54) is 19.4 Å². The Bertz CT molecular complexity index is 157. The fourth-order valence-electron chi connectivity index (χ4n) is 2.19. The molecule has 1 heteroatoms. The van der Waals surface area contributed by atoms with Gasteiger partial charge in [0, 0.05) is 6.04 Å². The van der Waals surface area contributed by atoms with E-state index in [1.54, 1.807) is 0 Å². The van der Waals surface area contributed by atoms with Gasteiger partial charge in [-0.25, -0.2) is 0 Å². The minimum Gasteiger partial charge on any atom is -0.313 e. The largest absolute Gasteiger partial charge is 0.313 e. The van der Waals surface area contributed by atoms with Crippen LogP contribution in [0.15, 0.2) is 0 Å². The van der Waals surface area contributed by atoms with Crippen LogP contribution in [-0.2, 0) is 0 Å². The molecule has 1 N–H and O–H groups in total. The molecule has 1 aliphatic carbocycles. The van der Waals surface area contributed by atoms with Crippen LogP contribution >= 0.6 is 0 Å². The van der Waals surface area contributed by atoms with Crippen molar-refractivity contribution in [1.29, 1.82) is 0 Å². The molecule has 0 amide bonds. The van der Waals surface area contributed by atoms with E-state index in [0.717, 1.165) is 17.9 Å². The third kappa shape index (κ3) is 1.44. The van der Waals surface area contributed by atoms with Crippen LogP contribution in [0.25, 0.3) is 0 Å². The second-order valence-electron chi connectivity index (χ2n) is 5.32. The average molecular weight is 153 g/mol. The Morgan fingerprint density at radius 3 is 2.36 bits per heavy atom. The van der Waals surface area contributed by atoms with Crippen molar-refractivity contribution in [3.63, 3.8) is 0 Å². The van der Waals surface area contributed by atoms with Crippen molar-refractivity contribution in [3.8, 4) is 0 Å². The summed E-state index contributed by atoms with van der Waals surface area (Å²) in [4.78, 5) is 0. The molecule has 2 rings (SSSR count). The monoisotopic (exact) mass is 153 g/mol. The van der Waals surface area contributed by atoms with Crippen LogP contribution in [0, 0.1) is 17.3 Å². The molecule has 2 aliphatic rings. The van der Waals surface area contributed by atoms with Gasteiger partial charge in [-0.1, -0.05) is 20.8 Å². The van der Waals surface area contributed by atoms with E-state index in [9.17, 15) is 0 Å². The predicted molar refractivity (Wildman–Crippen MR) is 47.5 cm³/mol.